The molecule has 0 unspecified atom stereocenters. The molecule has 0 aliphatic heterocycles. The number of carbonyl (C=O) groups is 1. The van der Waals surface area contributed by atoms with Crippen LogP contribution < -0.4 is 10.1 Å². The van der Waals surface area contributed by atoms with E-state index in [1.807, 2.05) is 30.3 Å². The lowest BCUT2D eigenvalue weighted by Crippen LogP contribution is -2.27. The molecule has 148 valence electrons. The van der Waals surface area contributed by atoms with Crippen LogP contribution in [-0.4, -0.2) is 34.2 Å². The monoisotopic (exact) mass is 380 g/mol. The van der Waals surface area contributed by atoms with Crippen molar-refractivity contribution in [3.8, 4) is 17.0 Å². The van der Waals surface area contributed by atoms with Gasteiger partial charge < -0.3 is 10.1 Å². The summed E-state index contributed by atoms with van der Waals surface area (Å²) in [5.41, 5.74) is 3.50. The number of benzene rings is 1. The van der Waals surface area contributed by atoms with Crippen LogP contribution in [0.3, 0.4) is 0 Å². The van der Waals surface area contributed by atoms with E-state index >= 15 is 0 Å². The molecule has 6 heteroatoms. The maximum absolute atomic E-state index is 12.9. The van der Waals surface area contributed by atoms with E-state index in [1.54, 1.807) is 17.7 Å². The standard InChI is InChI=1S/C22H28N4O2/c1-6-7-11-23-21(27)18-13-17(15-9-8-10-16(12-15)28-5)24-20-14-19(22(2,3)4)25-26(18)20/h8-10,12-14H,6-7,11H2,1-5H3,(H,23,27). The first-order chi connectivity index (χ1) is 13.3. The zero-order valence-corrected chi connectivity index (χ0v) is 17.2. The number of ether oxygens (including phenoxy) is 1. The zero-order chi connectivity index (χ0) is 20.3. The minimum Gasteiger partial charge on any atom is -0.497 e. The molecule has 0 saturated heterocycles. The molecule has 0 spiro atoms. The Labute approximate surface area is 165 Å². The predicted octanol–water partition coefficient (Wildman–Crippen LogP) is 4.23. The predicted molar refractivity (Wildman–Crippen MR) is 111 cm³/mol. The highest BCUT2D eigenvalue weighted by Crippen LogP contribution is 2.26. The van der Waals surface area contributed by atoms with E-state index in [4.69, 9.17) is 9.72 Å². The lowest BCUT2D eigenvalue weighted by atomic mass is 9.93. The molecular formula is C22H28N4O2. The highest BCUT2D eigenvalue weighted by molar-refractivity contribution is 5.94. The summed E-state index contributed by atoms with van der Waals surface area (Å²) >= 11 is 0. The van der Waals surface area contributed by atoms with Crippen molar-refractivity contribution in [1.82, 2.24) is 19.9 Å². The quantitative estimate of drug-likeness (QED) is 0.650. The van der Waals surface area contributed by atoms with Crippen LogP contribution in [0.4, 0.5) is 0 Å². The molecule has 1 N–H and O–H groups in total. The largest absolute Gasteiger partial charge is 0.497 e. The summed E-state index contributed by atoms with van der Waals surface area (Å²) in [6.07, 6.45) is 1.96. The van der Waals surface area contributed by atoms with Crippen molar-refractivity contribution < 1.29 is 9.53 Å². The number of rotatable bonds is 6. The Hall–Kier alpha value is -2.89. The topological polar surface area (TPSA) is 68.5 Å². The second-order valence-corrected chi connectivity index (χ2v) is 7.92. The van der Waals surface area contributed by atoms with Crippen LogP contribution in [0.1, 0.15) is 56.7 Å². The van der Waals surface area contributed by atoms with Crippen LogP contribution in [0, 0.1) is 0 Å². The van der Waals surface area contributed by atoms with E-state index in [-0.39, 0.29) is 11.3 Å². The van der Waals surface area contributed by atoms with Gasteiger partial charge in [0.05, 0.1) is 18.5 Å². The molecule has 0 atom stereocenters. The van der Waals surface area contributed by atoms with Gasteiger partial charge in [0.2, 0.25) is 0 Å². The second kappa shape index (κ2) is 8.00. The van der Waals surface area contributed by atoms with Gasteiger partial charge in [-0.1, -0.05) is 46.2 Å². The van der Waals surface area contributed by atoms with Crippen LogP contribution in [0.5, 0.6) is 5.75 Å². The summed E-state index contributed by atoms with van der Waals surface area (Å²) in [6.45, 7) is 9.03. The number of nitrogens with one attached hydrogen (secondary N) is 1. The van der Waals surface area contributed by atoms with Gasteiger partial charge in [-0.15, -0.1) is 0 Å². The van der Waals surface area contributed by atoms with Gasteiger partial charge in [0.1, 0.15) is 11.4 Å². The lowest BCUT2D eigenvalue weighted by molar-refractivity contribution is 0.0945. The van der Waals surface area contributed by atoms with Crippen molar-refractivity contribution in [2.75, 3.05) is 13.7 Å². The third kappa shape index (κ3) is 4.16. The molecule has 3 rings (SSSR count). The van der Waals surface area contributed by atoms with E-state index in [1.165, 1.54) is 0 Å². The number of fused-ring (bicyclic) bond motifs is 1. The first-order valence-electron chi connectivity index (χ1n) is 9.67. The van der Waals surface area contributed by atoms with Crippen LogP contribution in [0.25, 0.3) is 16.9 Å². The van der Waals surface area contributed by atoms with Gasteiger partial charge in [-0.05, 0) is 24.6 Å². The van der Waals surface area contributed by atoms with Gasteiger partial charge >= 0.3 is 0 Å². The fourth-order valence-electron chi connectivity index (χ4n) is 2.90. The molecule has 28 heavy (non-hydrogen) atoms. The number of aromatic nitrogens is 3. The molecule has 1 amide bonds. The van der Waals surface area contributed by atoms with Gasteiger partial charge in [-0.2, -0.15) is 5.10 Å². The number of amides is 1. The Morgan fingerprint density at radius 3 is 2.68 bits per heavy atom. The first kappa shape index (κ1) is 19.9. The van der Waals surface area contributed by atoms with Crippen molar-refractivity contribution in [2.45, 2.75) is 46.0 Å². The number of nitrogens with zero attached hydrogens (tertiary/aromatic N) is 3. The average Bonchev–Trinajstić information content (AvgIpc) is 3.12. The molecule has 0 saturated carbocycles. The summed E-state index contributed by atoms with van der Waals surface area (Å²) < 4.78 is 6.98. The van der Waals surface area contributed by atoms with E-state index in [2.05, 4.69) is 38.1 Å². The maximum Gasteiger partial charge on any atom is 0.270 e. The Morgan fingerprint density at radius 1 is 1.21 bits per heavy atom. The average molecular weight is 380 g/mol. The highest BCUT2D eigenvalue weighted by atomic mass is 16.5. The van der Waals surface area contributed by atoms with Gasteiger partial charge in [0, 0.05) is 23.6 Å². The van der Waals surface area contributed by atoms with Crippen molar-refractivity contribution in [3.63, 3.8) is 0 Å². The van der Waals surface area contributed by atoms with Gasteiger partial charge in [0.15, 0.2) is 5.65 Å². The van der Waals surface area contributed by atoms with Crippen LogP contribution in [0.2, 0.25) is 0 Å². The van der Waals surface area contributed by atoms with E-state index in [0.717, 1.165) is 29.8 Å². The Balaban J connectivity index is 2.13. The smallest absolute Gasteiger partial charge is 0.270 e. The molecular weight excluding hydrogens is 352 g/mol. The molecule has 2 aromatic heterocycles. The third-order valence-electron chi connectivity index (χ3n) is 4.61. The summed E-state index contributed by atoms with van der Waals surface area (Å²) in [7, 11) is 1.63. The van der Waals surface area contributed by atoms with Crippen molar-refractivity contribution in [1.29, 1.82) is 0 Å². The number of carbonyl (C=O) groups excluding carboxylic acids is 1. The summed E-state index contributed by atoms with van der Waals surface area (Å²) in [5.74, 6) is 0.602. The van der Waals surface area contributed by atoms with Crippen molar-refractivity contribution in [3.05, 3.63) is 47.8 Å². The summed E-state index contributed by atoms with van der Waals surface area (Å²) in [5, 5.41) is 7.66. The SMILES string of the molecule is CCCCNC(=O)c1cc(-c2cccc(OC)c2)nc2cc(C(C)(C)C)nn12. The Morgan fingerprint density at radius 2 is 2.00 bits per heavy atom. The minimum absolute atomic E-state index is 0.139. The van der Waals surface area contributed by atoms with Crippen molar-refractivity contribution in [2.24, 2.45) is 0 Å². The second-order valence-electron chi connectivity index (χ2n) is 7.92. The highest BCUT2D eigenvalue weighted by Gasteiger charge is 2.22. The number of hydrogen-bond donors (Lipinski definition) is 1. The molecule has 0 aliphatic rings. The molecule has 1 aromatic carbocycles. The molecule has 0 fully saturated rings. The number of methoxy groups -OCH3 is 1. The zero-order valence-electron chi connectivity index (χ0n) is 17.2. The van der Waals surface area contributed by atoms with Crippen LogP contribution in [-0.2, 0) is 5.41 Å². The van der Waals surface area contributed by atoms with Gasteiger partial charge in [-0.3, -0.25) is 4.79 Å². The molecule has 6 nitrogen and oxygen atoms in total. The maximum atomic E-state index is 12.9. The van der Waals surface area contributed by atoms with Crippen molar-refractivity contribution >= 4 is 11.6 Å². The Bertz CT molecular complexity index is 986. The number of hydrogen-bond acceptors (Lipinski definition) is 4. The summed E-state index contributed by atoms with van der Waals surface area (Å²) in [6, 6.07) is 11.4. The van der Waals surface area contributed by atoms with E-state index < -0.39 is 0 Å². The van der Waals surface area contributed by atoms with Gasteiger partial charge in [0.25, 0.3) is 5.91 Å². The van der Waals surface area contributed by atoms with E-state index in [9.17, 15) is 4.79 Å². The third-order valence-corrected chi connectivity index (χ3v) is 4.61. The lowest BCUT2D eigenvalue weighted by Gasteiger charge is -2.13. The first-order valence-corrected chi connectivity index (χ1v) is 9.67. The Kier molecular flexibility index (Phi) is 5.68. The fraction of sp³-hybridized carbons (Fsp3) is 0.409. The van der Waals surface area contributed by atoms with E-state index in [0.29, 0.717) is 23.6 Å². The number of unbranched alkanes of at least 4 members (excludes halogenated alkanes) is 1. The fourth-order valence-corrected chi connectivity index (χ4v) is 2.90. The molecule has 0 radical (unpaired) electrons. The molecule has 2 heterocycles. The summed E-state index contributed by atoms with van der Waals surface area (Å²) in [4.78, 5) is 17.6. The molecule has 0 bridgehead atoms. The molecule has 0 aliphatic carbocycles. The normalized spacial score (nSPS) is 11.6. The van der Waals surface area contributed by atoms with Gasteiger partial charge in [-0.25, -0.2) is 9.50 Å². The minimum atomic E-state index is -0.145. The van der Waals surface area contributed by atoms with Crippen LogP contribution >= 0.6 is 0 Å². The molecule has 3 aromatic rings. The van der Waals surface area contributed by atoms with Crippen LogP contribution in [0.15, 0.2) is 36.4 Å².